The van der Waals surface area contributed by atoms with Gasteiger partial charge in [0, 0.05) is 31.9 Å². The van der Waals surface area contributed by atoms with Crippen molar-refractivity contribution < 1.29 is 13.2 Å². The van der Waals surface area contributed by atoms with Gasteiger partial charge in [-0.25, -0.2) is 13.1 Å². The molecule has 2 aromatic rings. The van der Waals surface area contributed by atoms with Gasteiger partial charge in [-0.3, -0.25) is 0 Å². The second-order valence-corrected chi connectivity index (χ2v) is 7.74. The van der Waals surface area contributed by atoms with E-state index in [0.29, 0.717) is 12.8 Å². The number of rotatable bonds is 6. The number of methoxy groups -OCH3 is 1. The standard InChI is InChI=1S/C19H21NO3S/c1-23-19(13-17-9-5-6-10-18(17)14-19)15-20-24(21,22)12-11-16-7-3-2-4-8-16/h2-12,20H,13-15H2,1H3/b12-11+. The van der Waals surface area contributed by atoms with Crippen molar-refractivity contribution in [2.75, 3.05) is 13.7 Å². The molecule has 5 heteroatoms. The molecule has 0 bridgehead atoms. The molecule has 0 fully saturated rings. The molecule has 0 atom stereocenters. The lowest BCUT2D eigenvalue weighted by Gasteiger charge is -2.27. The molecular weight excluding hydrogens is 322 g/mol. The van der Waals surface area contributed by atoms with Crippen LogP contribution in [0, 0.1) is 0 Å². The first-order chi connectivity index (χ1) is 11.5. The lowest BCUT2D eigenvalue weighted by Crippen LogP contribution is -2.44. The summed E-state index contributed by atoms with van der Waals surface area (Å²) in [5.74, 6) is 0. The maximum Gasteiger partial charge on any atom is 0.233 e. The average Bonchev–Trinajstić information content (AvgIpc) is 2.99. The number of hydrogen-bond acceptors (Lipinski definition) is 3. The molecule has 0 radical (unpaired) electrons. The molecule has 0 aromatic heterocycles. The van der Waals surface area contributed by atoms with Crippen molar-refractivity contribution in [3.05, 3.63) is 76.7 Å². The molecule has 0 amide bonds. The second kappa shape index (κ2) is 6.89. The molecule has 2 aromatic carbocycles. The molecule has 0 unspecified atom stereocenters. The van der Waals surface area contributed by atoms with E-state index in [1.807, 2.05) is 42.5 Å². The van der Waals surface area contributed by atoms with E-state index >= 15 is 0 Å². The van der Waals surface area contributed by atoms with Crippen molar-refractivity contribution >= 4 is 16.1 Å². The van der Waals surface area contributed by atoms with E-state index in [9.17, 15) is 8.42 Å². The van der Waals surface area contributed by atoms with Gasteiger partial charge in [0.1, 0.15) is 0 Å². The van der Waals surface area contributed by atoms with Gasteiger partial charge in [0.25, 0.3) is 0 Å². The van der Waals surface area contributed by atoms with Gasteiger partial charge in [0.05, 0.1) is 5.60 Å². The fourth-order valence-electron chi connectivity index (χ4n) is 3.01. The normalized spacial score (nSPS) is 16.4. The Bertz CT molecular complexity index is 804. The van der Waals surface area contributed by atoms with Crippen LogP contribution in [0.5, 0.6) is 0 Å². The van der Waals surface area contributed by atoms with Crippen LogP contribution in [0.3, 0.4) is 0 Å². The van der Waals surface area contributed by atoms with Gasteiger partial charge in [0.15, 0.2) is 0 Å². The van der Waals surface area contributed by atoms with Crippen LogP contribution < -0.4 is 4.72 Å². The van der Waals surface area contributed by atoms with Crippen LogP contribution in [0.25, 0.3) is 6.08 Å². The number of fused-ring (bicyclic) bond motifs is 1. The smallest absolute Gasteiger partial charge is 0.233 e. The minimum Gasteiger partial charge on any atom is -0.376 e. The lowest BCUT2D eigenvalue weighted by molar-refractivity contribution is 0.00384. The van der Waals surface area contributed by atoms with Crippen LogP contribution in [-0.4, -0.2) is 27.7 Å². The van der Waals surface area contributed by atoms with E-state index < -0.39 is 15.6 Å². The second-order valence-electron chi connectivity index (χ2n) is 6.09. The predicted molar refractivity (Wildman–Crippen MR) is 96.0 cm³/mol. The molecule has 1 aliphatic rings. The molecule has 0 aliphatic heterocycles. The highest BCUT2D eigenvalue weighted by Crippen LogP contribution is 2.32. The number of hydrogen-bond donors (Lipinski definition) is 1. The highest BCUT2D eigenvalue weighted by Gasteiger charge is 2.37. The molecule has 3 rings (SSSR count). The predicted octanol–water partition coefficient (Wildman–Crippen LogP) is 2.76. The average molecular weight is 343 g/mol. The van der Waals surface area contributed by atoms with E-state index in [-0.39, 0.29) is 6.54 Å². The fraction of sp³-hybridized carbons (Fsp3) is 0.263. The van der Waals surface area contributed by atoms with E-state index in [0.717, 1.165) is 5.56 Å². The molecule has 4 nitrogen and oxygen atoms in total. The highest BCUT2D eigenvalue weighted by molar-refractivity contribution is 7.92. The summed E-state index contributed by atoms with van der Waals surface area (Å²) >= 11 is 0. The van der Waals surface area contributed by atoms with Crippen molar-refractivity contribution in [1.29, 1.82) is 0 Å². The van der Waals surface area contributed by atoms with E-state index in [1.165, 1.54) is 16.5 Å². The minimum atomic E-state index is -3.51. The van der Waals surface area contributed by atoms with Crippen molar-refractivity contribution in [3.8, 4) is 0 Å². The summed E-state index contributed by atoms with van der Waals surface area (Å²) < 4.78 is 32.8. The quantitative estimate of drug-likeness (QED) is 0.877. The van der Waals surface area contributed by atoms with Crippen molar-refractivity contribution in [2.45, 2.75) is 18.4 Å². The zero-order chi connectivity index (χ0) is 17.0. The molecule has 0 saturated carbocycles. The third-order valence-electron chi connectivity index (χ3n) is 4.41. The Morgan fingerprint density at radius 1 is 1.04 bits per heavy atom. The minimum absolute atomic E-state index is 0.250. The van der Waals surface area contributed by atoms with Gasteiger partial charge in [-0.2, -0.15) is 0 Å². The third-order valence-corrected chi connectivity index (χ3v) is 5.45. The topological polar surface area (TPSA) is 55.4 Å². The molecule has 1 N–H and O–H groups in total. The summed E-state index contributed by atoms with van der Waals surface area (Å²) in [6.45, 7) is 0.250. The van der Waals surface area contributed by atoms with Crippen LogP contribution in [0.4, 0.5) is 0 Å². The van der Waals surface area contributed by atoms with Crippen molar-refractivity contribution in [3.63, 3.8) is 0 Å². The first kappa shape index (κ1) is 16.9. The van der Waals surface area contributed by atoms with Crippen molar-refractivity contribution in [1.82, 2.24) is 4.72 Å². The Morgan fingerprint density at radius 3 is 2.21 bits per heavy atom. The van der Waals surface area contributed by atoms with E-state index in [4.69, 9.17) is 4.74 Å². The summed E-state index contributed by atoms with van der Waals surface area (Å²) in [4.78, 5) is 0. The third kappa shape index (κ3) is 3.93. The SMILES string of the molecule is COC1(CNS(=O)(=O)/C=C/c2ccccc2)Cc2ccccc2C1. The summed E-state index contributed by atoms with van der Waals surface area (Å²) in [6, 6.07) is 17.5. The van der Waals surface area contributed by atoms with Crippen LogP contribution in [0.1, 0.15) is 16.7 Å². The molecule has 24 heavy (non-hydrogen) atoms. The van der Waals surface area contributed by atoms with Gasteiger partial charge in [-0.05, 0) is 22.8 Å². The molecule has 1 aliphatic carbocycles. The maximum absolute atomic E-state index is 12.2. The largest absolute Gasteiger partial charge is 0.376 e. The Morgan fingerprint density at radius 2 is 1.62 bits per heavy atom. The number of benzene rings is 2. The Labute approximate surface area is 143 Å². The van der Waals surface area contributed by atoms with Gasteiger partial charge >= 0.3 is 0 Å². The van der Waals surface area contributed by atoms with E-state index in [2.05, 4.69) is 16.9 Å². The Balaban J connectivity index is 1.67. The van der Waals surface area contributed by atoms with Crippen LogP contribution >= 0.6 is 0 Å². The molecule has 0 saturated heterocycles. The molecule has 0 spiro atoms. The summed E-state index contributed by atoms with van der Waals surface area (Å²) in [7, 11) is -1.87. The molecular formula is C19H21NO3S. The van der Waals surface area contributed by atoms with Crippen molar-refractivity contribution in [2.24, 2.45) is 0 Å². The highest BCUT2D eigenvalue weighted by atomic mass is 32.2. The Kier molecular flexibility index (Phi) is 4.85. The van der Waals surface area contributed by atoms with Crippen LogP contribution in [0.15, 0.2) is 60.0 Å². The zero-order valence-electron chi connectivity index (χ0n) is 13.6. The first-order valence-electron chi connectivity index (χ1n) is 7.87. The summed E-state index contributed by atoms with van der Waals surface area (Å²) in [6.07, 6.45) is 3.01. The number of sulfonamides is 1. The lowest BCUT2D eigenvalue weighted by atomic mass is 10.0. The van der Waals surface area contributed by atoms with Gasteiger partial charge in [-0.15, -0.1) is 0 Å². The fourth-order valence-corrected chi connectivity index (χ4v) is 3.91. The monoisotopic (exact) mass is 343 g/mol. The van der Waals surface area contributed by atoms with E-state index in [1.54, 1.807) is 13.2 Å². The number of nitrogens with one attached hydrogen (secondary N) is 1. The van der Waals surface area contributed by atoms with Gasteiger partial charge in [0.2, 0.25) is 10.0 Å². The number of ether oxygens (including phenoxy) is 1. The zero-order valence-corrected chi connectivity index (χ0v) is 14.4. The van der Waals surface area contributed by atoms with Gasteiger partial charge in [-0.1, -0.05) is 54.6 Å². The summed E-state index contributed by atoms with van der Waals surface area (Å²) in [5.41, 5.74) is 2.77. The van der Waals surface area contributed by atoms with Crippen LogP contribution in [-0.2, 0) is 27.6 Å². The van der Waals surface area contributed by atoms with Gasteiger partial charge < -0.3 is 4.74 Å². The molecule has 0 heterocycles. The molecule has 126 valence electrons. The van der Waals surface area contributed by atoms with Crippen LogP contribution in [0.2, 0.25) is 0 Å². The first-order valence-corrected chi connectivity index (χ1v) is 9.41. The maximum atomic E-state index is 12.2. The summed E-state index contributed by atoms with van der Waals surface area (Å²) in [5, 5.41) is 1.20. The Hall–Kier alpha value is -1.95.